The molecule has 0 fully saturated rings. The van der Waals surface area contributed by atoms with E-state index in [0.29, 0.717) is 12.0 Å². The topological polar surface area (TPSA) is 12.0 Å². The summed E-state index contributed by atoms with van der Waals surface area (Å²) in [5.41, 5.74) is 5.97. The molecule has 2 aromatic carbocycles. The van der Waals surface area contributed by atoms with E-state index in [0.717, 1.165) is 6.54 Å². The van der Waals surface area contributed by atoms with E-state index in [1.54, 1.807) is 11.1 Å². The Hall–Kier alpha value is -1.60. The molecule has 3 rings (SSSR count). The van der Waals surface area contributed by atoms with Crippen LogP contribution in [0.5, 0.6) is 0 Å². The van der Waals surface area contributed by atoms with Crippen LogP contribution in [0.2, 0.25) is 0 Å². The Morgan fingerprint density at radius 3 is 2.48 bits per heavy atom. The summed E-state index contributed by atoms with van der Waals surface area (Å²) in [4.78, 5) is 0. The molecule has 2 aromatic rings. The molecule has 0 bridgehead atoms. The van der Waals surface area contributed by atoms with Crippen LogP contribution >= 0.6 is 0 Å². The summed E-state index contributed by atoms with van der Waals surface area (Å²) in [6.07, 6.45) is 3.83. The highest BCUT2D eigenvalue weighted by Gasteiger charge is 2.21. The zero-order valence-corrected chi connectivity index (χ0v) is 13.1. The Morgan fingerprint density at radius 2 is 1.71 bits per heavy atom. The maximum atomic E-state index is 3.69. The number of fused-ring (bicyclic) bond motifs is 1. The van der Waals surface area contributed by atoms with Crippen LogP contribution in [0.3, 0.4) is 0 Å². The predicted molar refractivity (Wildman–Crippen MR) is 89.7 cm³/mol. The van der Waals surface area contributed by atoms with E-state index in [1.807, 2.05) is 0 Å². The highest BCUT2D eigenvalue weighted by molar-refractivity contribution is 5.38. The van der Waals surface area contributed by atoms with Gasteiger partial charge in [-0.1, -0.05) is 62.4 Å². The molecule has 0 saturated carbocycles. The van der Waals surface area contributed by atoms with Crippen molar-refractivity contribution >= 4 is 0 Å². The molecular formula is C20H25N. The average Bonchev–Trinajstić information content (AvgIpc) is 3.00. The van der Waals surface area contributed by atoms with Crippen LogP contribution in [0, 0.1) is 0 Å². The van der Waals surface area contributed by atoms with Gasteiger partial charge in [-0.3, -0.25) is 0 Å². The highest BCUT2D eigenvalue weighted by Crippen LogP contribution is 2.33. The van der Waals surface area contributed by atoms with Crippen molar-refractivity contribution in [2.45, 2.75) is 45.1 Å². The number of likely N-dealkylation sites (N-methyl/N-ethyl adjacent to an activating group) is 1. The molecule has 0 spiro atoms. The zero-order chi connectivity index (χ0) is 14.7. The van der Waals surface area contributed by atoms with Gasteiger partial charge in [0.1, 0.15) is 0 Å². The minimum Gasteiger partial charge on any atom is -0.310 e. The van der Waals surface area contributed by atoms with E-state index in [4.69, 9.17) is 0 Å². The van der Waals surface area contributed by atoms with Gasteiger partial charge in [0, 0.05) is 12.0 Å². The maximum absolute atomic E-state index is 3.69. The Kier molecular flexibility index (Phi) is 4.40. The molecule has 1 heteroatoms. The SMILES string of the molecule is CCNC(c1ccc2c(c1)CCC2)C(C)c1ccccc1. The first-order chi connectivity index (χ1) is 10.3. The summed E-state index contributed by atoms with van der Waals surface area (Å²) >= 11 is 0. The molecule has 21 heavy (non-hydrogen) atoms. The number of aryl methyl sites for hydroxylation is 2. The third-order valence-corrected chi connectivity index (χ3v) is 4.73. The summed E-state index contributed by atoms with van der Waals surface area (Å²) in [7, 11) is 0. The number of hydrogen-bond acceptors (Lipinski definition) is 1. The second-order valence-corrected chi connectivity index (χ2v) is 6.12. The van der Waals surface area contributed by atoms with E-state index in [2.05, 4.69) is 67.7 Å². The van der Waals surface area contributed by atoms with Gasteiger partial charge in [0.25, 0.3) is 0 Å². The minimum atomic E-state index is 0.392. The molecule has 0 aliphatic heterocycles. The number of benzene rings is 2. The van der Waals surface area contributed by atoms with E-state index in [1.165, 1.54) is 30.4 Å². The lowest BCUT2D eigenvalue weighted by molar-refractivity contribution is 0.479. The van der Waals surface area contributed by atoms with Crippen molar-refractivity contribution < 1.29 is 0 Å². The highest BCUT2D eigenvalue weighted by atomic mass is 14.9. The Labute approximate surface area is 128 Å². The van der Waals surface area contributed by atoms with Gasteiger partial charge in [-0.15, -0.1) is 0 Å². The van der Waals surface area contributed by atoms with E-state index < -0.39 is 0 Å². The van der Waals surface area contributed by atoms with Crippen molar-refractivity contribution in [1.29, 1.82) is 0 Å². The van der Waals surface area contributed by atoms with Gasteiger partial charge >= 0.3 is 0 Å². The van der Waals surface area contributed by atoms with Gasteiger partial charge in [0.15, 0.2) is 0 Å². The first-order valence-electron chi connectivity index (χ1n) is 8.19. The fraction of sp³-hybridized carbons (Fsp3) is 0.400. The van der Waals surface area contributed by atoms with Gasteiger partial charge in [-0.05, 0) is 48.1 Å². The smallest absolute Gasteiger partial charge is 0.0386 e. The minimum absolute atomic E-state index is 0.392. The summed E-state index contributed by atoms with van der Waals surface area (Å²) in [6, 6.07) is 18.3. The lowest BCUT2D eigenvalue weighted by Crippen LogP contribution is -2.26. The molecule has 0 heterocycles. The largest absolute Gasteiger partial charge is 0.310 e. The first-order valence-corrected chi connectivity index (χ1v) is 8.19. The van der Waals surface area contributed by atoms with Crippen LogP contribution < -0.4 is 5.32 Å². The number of rotatable bonds is 5. The van der Waals surface area contributed by atoms with E-state index in [-0.39, 0.29) is 0 Å². The summed E-state index contributed by atoms with van der Waals surface area (Å²) in [5.74, 6) is 0.477. The maximum Gasteiger partial charge on any atom is 0.0386 e. The summed E-state index contributed by atoms with van der Waals surface area (Å²) < 4.78 is 0. The third-order valence-electron chi connectivity index (χ3n) is 4.73. The molecule has 2 unspecified atom stereocenters. The molecule has 1 aliphatic rings. The van der Waals surface area contributed by atoms with Crippen LogP contribution in [-0.4, -0.2) is 6.54 Å². The monoisotopic (exact) mass is 279 g/mol. The summed E-state index contributed by atoms with van der Waals surface area (Å²) in [6.45, 7) is 5.52. The molecule has 0 amide bonds. The molecular weight excluding hydrogens is 254 g/mol. The average molecular weight is 279 g/mol. The van der Waals surface area contributed by atoms with E-state index >= 15 is 0 Å². The molecule has 0 saturated heterocycles. The van der Waals surface area contributed by atoms with Crippen molar-refractivity contribution in [2.75, 3.05) is 6.54 Å². The van der Waals surface area contributed by atoms with Crippen LogP contribution in [0.1, 0.15) is 54.5 Å². The lowest BCUT2D eigenvalue weighted by atomic mass is 9.87. The quantitative estimate of drug-likeness (QED) is 0.841. The predicted octanol–water partition coefficient (Wildman–Crippen LogP) is 4.63. The van der Waals surface area contributed by atoms with Crippen molar-refractivity contribution in [3.63, 3.8) is 0 Å². The van der Waals surface area contributed by atoms with Crippen LogP contribution in [0.4, 0.5) is 0 Å². The molecule has 110 valence electrons. The lowest BCUT2D eigenvalue weighted by Gasteiger charge is -2.26. The van der Waals surface area contributed by atoms with Gasteiger partial charge in [0.05, 0.1) is 0 Å². The first kappa shape index (κ1) is 14.3. The fourth-order valence-corrected chi connectivity index (χ4v) is 3.54. The van der Waals surface area contributed by atoms with E-state index in [9.17, 15) is 0 Å². The second-order valence-electron chi connectivity index (χ2n) is 6.12. The Morgan fingerprint density at radius 1 is 0.952 bits per heavy atom. The van der Waals surface area contributed by atoms with Crippen molar-refractivity contribution in [2.24, 2.45) is 0 Å². The van der Waals surface area contributed by atoms with Crippen LogP contribution in [0.25, 0.3) is 0 Å². The molecule has 2 atom stereocenters. The van der Waals surface area contributed by atoms with Crippen LogP contribution in [0.15, 0.2) is 48.5 Å². The fourth-order valence-electron chi connectivity index (χ4n) is 3.54. The van der Waals surface area contributed by atoms with Crippen molar-refractivity contribution in [1.82, 2.24) is 5.32 Å². The summed E-state index contributed by atoms with van der Waals surface area (Å²) in [5, 5.41) is 3.69. The molecule has 0 aromatic heterocycles. The van der Waals surface area contributed by atoms with Gasteiger partial charge in [0.2, 0.25) is 0 Å². The van der Waals surface area contributed by atoms with Gasteiger partial charge in [-0.25, -0.2) is 0 Å². The number of hydrogen-bond donors (Lipinski definition) is 1. The molecule has 0 radical (unpaired) electrons. The molecule has 1 aliphatic carbocycles. The molecule has 1 N–H and O–H groups in total. The van der Waals surface area contributed by atoms with Crippen molar-refractivity contribution in [3.8, 4) is 0 Å². The third kappa shape index (κ3) is 3.03. The Bertz CT molecular complexity index is 588. The normalized spacial score (nSPS) is 16.5. The second kappa shape index (κ2) is 6.44. The standard InChI is InChI=1S/C20H25N/c1-3-21-20(15(2)16-8-5-4-6-9-16)19-13-12-17-10-7-11-18(17)14-19/h4-6,8-9,12-15,20-21H,3,7,10-11H2,1-2H3. The van der Waals surface area contributed by atoms with Crippen molar-refractivity contribution in [3.05, 3.63) is 70.8 Å². The number of nitrogens with one attached hydrogen (secondary N) is 1. The zero-order valence-electron chi connectivity index (χ0n) is 13.1. The Balaban J connectivity index is 1.90. The van der Waals surface area contributed by atoms with Gasteiger partial charge in [-0.2, -0.15) is 0 Å². The van der Waals surface area contributed by atoms with Crippen LogP contribution in [-0.2, 0) is 12.8 Å². The van der Waals surface area contributed by atoms with Gasteiger partial charge < -0.3 is 5.32 Å². The molecule has 1 nitrogen and oxygen atoms in total.